The molecule has 0 aliphatic heterocycles. The second-order valence-electron chi connectivity index (χ2n) is 7.49. The highest BCUT2D eigenvalue weighted by Gasteiger charge is 2.17. The van der Waals surface area contributed by atoms with Gasteiger partial charge in [-0.2, -0.15) is 0 Å². The van der Waals surface area contributed by atoms with E-state index in [1.165, 1.54) is 11.3 Å². The molecule has 0 fully saturated rings. The Balaban J connectivity index is 2.03. The van der Waals surface area contributed by atoms with Gasteiger partial charge in [-0.3, -0.25) is 9.78 Å². The minimum absolute atomic E-state index is 0.0689. The van der Waals surface area contributed by atoms with Gasteiger partial charge in [0.25, 0.3) is 0 Å². The van der Waals surface area contributed by atoms with E-state index in [1.54, 1.807) is 17.2 Å². The van der Waals surface area contributed by atoms with E-state index in [0.717, 1.165) is 24.1 Å². The third-order valence-electron chi connectivity index (χ3n) is 4.70. The number of nitrogens with two attached hydrogens (primary N) is 1. The van der Waals surface area contributed by atoms with E-state index >= 15 is 0 Å². The van der Waals surface area contributed by atoms with Crippen molar-refractivity contribution in [2.75, 3.05) is 32.9 Å². The van der Waals surface area contributed by atoms with Gasteiger partial charge in [-0.25, -0.2) is 4.79 Å². The van der Waals surface area contributed by atoms with Crippen molar-refractivity contribution in [3.05, 3.63) is 45.9 Å². The molecule has 8 heteroatoms. The number of nitrogens with zero attached hydrogens (tertiary/aromatic N) is 3. The van der Waals surface area contributed by atoms with Gasteiger partial charge in [-0.05, 0) is 50.0 Å². The summed E-state index contributed by atoms with van der Waals surface area (Å²) in [6, 6.07) is 3.61. The van der Waals surface area contributed by atoms with E-state index in [2.05, 4.69) is 10.3 Å². The Morgan fingerprint density at radius 3 is 2.55 bits per heavy atom. The van der Waals surface area contributed by atoms with Gasteiger partial charge < -0.3 is 20.9 Å². The number of amides is 2. The van der Waals surface area contributed by atoms with Crippen LogP contribution in [0.2, 0.25) is 0 Å². The molecule has 0 aliphatic carbocycles. The summed E-state index contributed by atoms with van der Waals surface area (Å²) in [5.41, 5.74) is 8.63. The number of nitrogens with one attached hydrogen (secondary N) is 1. The molecule has 0 aromatic carbocycles. The number of nitrogen functional groups attached to an aromatic ring is 1. The van der Waals surface area contributed by atoms with Gasteiger partial charge in [0.1, 0.15) is 5.69 Å². The predicted octanol–water partition coefficient (Wildman–Crippen LogP) is 3.02. The lowest BCUT2D eigenvalue weighted by Crippen LogP contribution is -2.45. The number of hydrogen-bond acceptors (Lipinski definition) is 6. The average Bonchev–Trinajstić information content (AvgIpc) is 3.09. The Labute approximate surface area is 176 Å². The zero-order valence-electron chi connectivity index (χ0n) is 17.6. The molecule has 0 bridgehead atoms. The second kappa shape index (κ2) is 10.9. The van der Waals surface area contributed by atoms with Crippen LogP contribution >= 0.6 is 11.3 Å². The van der Waals surface area contributed by atoms with Crippen LogP contribution in [0.15, 0.2) is 29.1 Å². The van der Waals surface area contributed by atoms with Crippen molar-refractivity contribution in [2.24, 2.45) is 0 Å². The molecule has 2 amide bonds. The zero-order chi connectivity index (χ0) is 21.4. The molecule has 158 valence electrons. The van der Waals surface area contributed by atoms with Crippen LogP contribution in [0.3, 0.4) is 0 Å². The van der Waals surface area contributed by atoms with Crippen LogP contribution in [0.4, 0.5) is 10.5 Å². The van der Waals surface area contributed by atoms with Crippen LogP contribution in [-0.2, 0) is 13.0 Å². The maximum Gasteiger partial charge on any atom is 0.317 e. The molecule has 0 radical (unpaired) electrons. The Hall–Kier alpha value is -2.45. The lowest BCUT2D eigenvalue weighted by molar-refractivity contribution is 0.0988. The standard InChI is InChI=1S/C21H31N5O2S/c1-5-15(2)24-21(28)26(9-8-25(3)4)12-16-6-7-19(23-11-16)20(27)10-17-13-29-14-18(17)22/h6-7,11,13-15H,5,8-10,12,22H2,1-4H3,(H,24,28). The lowest BCUT2D eigenvalue weighted by Gasteiger charge is -2.26. The third-order valence-corrected chi connectivity index (χ3v) is 5.51. The van der Waals surface area contributed by atoms with Crippen molar-refractivity contribution < 1.29 is 9.59 Å². The average molecular weight is 418 g/mol. The molecule has 0 saturated carbocycles. The largest absolute Gasteiger partial charge is 0.398 e. The third kappa shape index (κ3) is 7.14. The van der Waals surface area contributed by atoms with Crippen molar-refractivity contribution in [1.82, 2.24) is 20.1 Å². The number of ketones is 1. The SMILES string of the molecule is CCC(C)NC(=O)N(CCN(C)C)Cc1ccc(C(=O)Cc2cscc2N)nc1. The summed E-state index contributed by atoms with van der Waals surface area (Å²) in [7, 11) is 3.96. The Kier molecular flexibility index (Phi) is 8.60. The highest BCUT2D eigenvalue weighted by Crippen LogP contribution is 2.19. The van der Waals surface area contributed by atoms with Crippen molar-refractivity contribution >= 4 is 28.8 Å². The molecule has 0 spiro atoms. The number of pyridine rings is 1. The first kappa shape index (κ1) is 22.8. The molecule has 1 atom stereocenters. The van der Waals surface area contributed by atoms with Crippen molar-refractivity contribution in [3.8, 4) is 0 Å². The van der Waals surface area contributed by atoms with Gasteiger partial charge in [0.05, 0.1) is 0 Å². The summed E-state index contributed by atoms with van der Waals surface area (Å²) < 4.78 is 0. The number of thiophene rings is 1. The van der Waals surface area contributed by atoms with E-state index < -0.39 is 0 Å². The number of aromatic nitrogens is 1. The number of urea groups is 1. The topological polar surface area (TPSA) is 91.6 Å². The highest BCUT2D eigenvalue weighted by molar-refractivity contribution is 7.08. The van der Waals surface area contributed by atoms with Gasteiger partial charge in [-0.1, -0.05) is 13.0 Å². The van der Waals surface area contributed by atoms with Gasteiger partial charge in [-0.15, -0.1) is 11.3 Å². The summed E-state index contributed by atoms with van der Waals surface area (Å²) in [5.74, 6) is -0.0689. The predicted molar refractivity (Wildman–Crippen MR) is 118 cm³/mol. The first-order valence-corrected chi connectivity index (χ1v) is 10.7. The summed E-state index contributed by atoms with van der Waals surface area (Å²) in [4.78, 5) is 33.2. The van der Waals surface area contributed by atoms with Crippen LogP contribution in [0, 0.1) is 0 Å². The number of carbonyl (C=O) groups excluding carboxylic acids is 2. The van der Waals surface area contributed by atoms with Crippen LogP contribution in [0.25, 0.3) is 0 Å². The number of Topliss-reactive ketones (excluding diaryl/α,β-unsaturated/α-hetero) is 1. The molecule has 29 heavy (non-hydrogen) atoms. The van der Waals surface area contributed by atoms with Crippen LogP contribution in [-0.4, -0.2) is 59.8 Å². The van der Waals surface area contributed by atoms with Crippen molar-refractivity contribution in [3.63, 3.8) is 0 Å². The van der Waals surface area contributed by atoms with E-state index in [0.29, 0.717) is 24.5 Å². The molecule has 0 aliphatic rings. The van der Waals surface area contributed by atoms with Gasteiger partial charge in [0, 0.05) is 49.4 Å². The van der Waals surface area contributed by atoms with Gasteiger partial charge in [0.15, 0.2) is 5.78 Å². The number of carbonyl (C=O) groups is 2. The first-order chi connectivity index (χ1) is 13.8. The second-order valence-corrected chi connectivity index (χ2v) is 8.23. The number of anilines is 1. The summed E-state index contributed by atoms with van der Waals surface area (Å²) in [6.07, 6.45) is 2.79. The maximum atomic E-state index is 12.6. The van der Waals surface area contributed by atoms with Crippen molar-refractivity contribution in [2.45, 2.75) is 39.3 Å². The van der Waals surface area contributed by atoms with Gasteiger partial charge >= 0.3 is 6.03 Å². The zero-order valence-corrected chi connectivity index (χ0v) is 18.5. The molecule has 2 aromatic heterocycles. The molecular formula is C21H31N5O2S. The molecule has 0 saturated heterocycles. The number of hydrogen-bond donors (Lipinski definition) is 2. The maximum absolute atomic E-state index is 12.6. The lowest BCUT2D eigenvalue weighted by atomic mass is 10.1. The molecule has 2 aromatic rings. The van der Waals surface area contributed by atoms with E-state index in [-0.39, 0.29) is 24.3 Å². The molecule has 2 rings (SSSR count). The fraction of sp³-hybridized carbons (Fsp3) is 0.476. The Bertz CT molecular complexity index is 804. The monoisotopic (exact) mass is 417 g/mol. The molecule has 1 unspecified atom stereocenters. The fourth-order valence-corrected chi connectivity index (χ4v) is 3.37. The van der Waals surface area contributed by atoms with E-state index in [9.17, 15) is 9.59 Å². The summed E-state index contributed by atoms with van der Waals surface area (Å²) >= 11 is 1.48. The van der Waals surface area contributed by atoms with Crippen LogP contribution in [0.5, 0.6) is 0 Å². The molecule has 7 nitrogen and oxygen atoms in total. The molecule has 2 heterocycles. The fourth-order valence-electron chi connectivity index (χ4n) is 2.62. The smallest absolute Gasteiger partial charge is 0.317 e. The Morgan fingerprint density at radius 1 is 1.24 bits per heavy atom. The van der Waals surface area contributed by atoms with Crippen LogP contribution < -0.4 is 11.1 Å². The summed E-state index contributed by atoms with van der Waals surface area (Å²) in [6.45, 7) is 5.84. The summed E-state index contributed by atoms with van der Waals surface area (Å²) in [5, 5.41) is 6.73. The van der Waals surface area contributed by atoms with Crippen molar-refractivity contribution in [1.29, 1.82) is 0 Å². The molecular weight excluding hydrogens is 386 g/mol. The van der Waals surface area contributed by atoms with E-state index in [1.807, 2.05) is 49.7 Å². The minimum atomic E-state index is -0.0886. The molecule has 3 N–H and O–H groups in total. The number of likely N-dealkylation sites (N-methyl/N-ethyl adjacent to an activating group) is 1. The minimum Gasteiger partial charge on any atom is -0.398 e. The normalized spacial score (nSPS) is 12.0. The number of rotatable bonds is 10. The van der Waals surface area contributed by atoms with E-state index in [4.69, 9.17) is 5.73 Å². The van der Waals surface area contributed by atoms with Crippen LogP contribution in [0.1, 0.15) is 41.9 Å². The Morgan fingerprint density at radius 2 is 2.00 bits per heavy atom. The first-order valence-electron chi connectivity index (χ1n) is 9.79. The highest BCUT2D eigenvalue weighted by atomic mass is 32.1. The van der Waals surface area contributed by atoms with Gasteiger partial charge in [0.2, 0.25) is 0 Å². The quantitative estimate of drug-likeness (QED) is 0.580.